The third-order valence-corrected chi connectivity index (χ3v) is 6.75. The van der Waals surface area contributed by atoms with Crippen LogP contribution in [0.1, 0.15) is 18.1 Å². The Morgan fingerprint density at radius 3 is 2.36 bits per heavy atom. The average molecular weight is 503 g/mol. The molecule has 7 nitrogen and oxygen atoms in total. The summed E-state index contributed by atoms with van der Waals surface area (Å²) in [4.78, 5) is 5.29. The Balaban J connectivity index is 1.64. The molecule has 1 atom stereocenters. The normalized spacial score (nSPS) is 12.5. The van der Waals surface area contributed by atoms with E-state index in [2.05, 4.69) is 10.6 Å². The number of hydrogen-bond acceptors (Lipinski definition) is 7. The summed E-state index contributed by atoms with van der Waals surface area (Å²) >= 11 is 0. The molecule has 0 bridgehead atoms. The van der Waals surface area contributed by atoms with Crippen molar-refractivity contribution in [3.8, 4) is 16.9 Å². The van der Waals surface area contributed by atoms with Crippen molar-refractivity contribution in [2.45, 2.75) is 25.0 Å². The molecule has 0 saturated carbocycles. The third kappa shape index (κ3) is 6.41. The van der Waals surface area contributed by atoms with E-state index in [-0.39, 0.29) is 6.61 Å². The van der Waals surface area contributed by atoms with E-state index in [1.54, 1.807) is 18.2 Å². The van der Waals surface area contributed by atoms with Crippen LogP contribution in [0.4, 0.5) is 17.3 Å². The van der Waals surface area contributed by atoms with Gasteiger partial charge in [-0.2, -0.15) is 0 Å². The summed E-state index contributed by atoms with van der Waals surface area (Å²) in [5, 5.41) is 16.0. The number of rotatable bonds is 10. The minimum absolute atomic E-state index is 0.0132. The molecule has 0 aliphatic heterocycles. The van der Waals surface area contributed by atoms with E-state index in [4.69, 9.17) is 14.5 Å². The predicted molar refractivity (Wildman–Crippen MR) is 145 cm³/mol. The van der Waals surface area contributed by atoms with Crippen LogP contribution >= 0.6 is 0 Å². The molecule has 1 heterocycles. The molecule has 0 aliphatic carbocycles. The Bertz CT molecular complexity index is 1420. The maximum Gasteiger partial charge on any atom is 0.136 e. The Morgan fingerprint density at radius 2 is 1.69 bits per heavy atom. The SMILES string of the molecule is CCOc1ccc(-c2ccc(Nc3cccc([S@](C)(=N)=O)c3)nc2NCc2ccc(CO)cc2)cc1. The lowest BCUT2D eigenvalue weighted by Gasteiger charge is -2.15. The molecule has 1 aromatic heterocycles. The molecule has 4 N–H and O–H groups in total. The smallest absolute Gasteiger partial charge is 0.136 e. The Hall–Kier alpha value is -3.88. The molecular weight excluding hydrogens is 472 g/mol. The van der Waals surface area contributed by atoms with Crippen LogP contribution in [0.2, 0.25) is 0 Å². The molecule has 0 saturated heterocycles. The maximum atomic E-state index is 12.2. The predicted octanol–water partition coefficient (Wildman–Crippen LogP) is 6.03. The van der Waals surface area contributed by atoms with E-state index >= 15 is 0 Å². The van der Waals surface area contributed by atoms with Gasteiger partial charge >= 0.3 is 0 Å². The number of aliphatic hydroxyl groups excluding tert-OH is 1. The molecule has 0 radical (unpaired) electrons. The van der Waals surface area contributed by atoms with Crippen LogP contribution in [0.25, 0.3) is 11.1 Å². The van der Waals surface area contributed by atoms with Gasteiger partial charge in [0.15, 0.2) is 0 Å². The highest BCUT2D eigenvalue weighted by molar-refractivity contribution is 7.91. The van der Waals surface area contributed by atoms with Crippen molar-refractivity contribution in [3.63, 3.8) is 0 Å². The zero-order valence-electron chi connectivity index (χ0n) is 20.3. The second-order valence-electron chi connectivity index (χ2n) is 8.37. The summed E-state index contributed by atoms with van der Waals surface area (Å²) in [5.41, 5.74) is 4.57. The lowest BCUT2D eigenvalue weighted by molar-refractivity contribution is 0.282. The topological polar surface area (TPSA) is 107 Å². The molecule has 36 heavy (non-hydrogen) atoms. The molecule has 0 spiro atoms. The summed E-state index contributed by atoms with van der Waals surface area (Å²) < 4.78 is 25.6. The van der Waals surface area contributed by atoms with E-state index in [1.165, 1.54) is 6.26 Å². The summed E-state index contributed by atoms with van der Waals surface area (Å²) in [6, 6.07) is 26.6. The number of ether oxygens (including phenoxy) is 1. The summed E-state index contributed by atoms with van der Waals surface area (Å²) in [6.45, 7) is 3.13. The van der Waals surface area contributed by atoms with Crippen molar-refractivity contribution in [2.24, 2.45) is 0 Å². The van der Waals surface area contributed by atoms with Crippen LogP contribution in [0, 0.1) is 4.78 Å². The van der Waals surface area contributed by atoms with Crippen molar-refractivity contribution in [1.82, 2.24) is 4.98 Å². The number of benzene rings is 3. The molecule has 4 aromatic rings. The fraction of sp³-hybridized carbons (Fsp3) is 0.179. The van der Waals surface area contributed by atoms with Crippen LogP contribution in [0.3, 0.4) is 0 Å². The molecule has 0 fully saturated rings. The van der Waals surface area contributed by atoms with E-state index in [0.29, 0.717) is 35.4 Å². The highest BCUT2D eigenvalue weighted by atomic mass is 32.2. The fourth-order valence-electron chi connectivity index (χ4n) is 3.71. The molecular formula is C28H30N4O3S. The van der Waals surface area contributed by atoms with Gasteiger partial charge in [0, 0.05) is 28.9 Å². The van der Waals surface area contributed by atoms with Crippen molar-refractivity contribution in [2.75, 3.05) is 23.5 Å². The second kappa shape index (κ2) is 11.2. The van der Waals surface area contributed by atoms with Crippen LogP contribution < -0.4 is 15.4 Å². The zero-order valence-corrected chi connectivity index (χ0v) is 21.1. The Labute approximate surface area is 212 Å². The minimum atomic E-state index is -2.82. The number of hydrogen-bond donors (Lipinski definition) is 4. The van der Waals surface area contributed by atoms with Gasteiger partial charge in [0.25, 0.3) is 0 Å². The van der Waals surface area contributed by atoms with Crippen molar-refractivity contribution in [3.05, 3.63) is 96.1 Å². The van der Waals surface area contributed by atoms with Crippen molar-refractivity contribution >= 4 is 27.1 Å². The molecule has 0 amide bonds. The molecule has 0 unspecified atom stereocenters. The highest BCUT2D eigenvalue weighted by Gasteiger charge is 2.11. The lowest BCUT2D eigenvalue weighted by atomic mass is 10.1. The van der Waals surface area contributed by atoms with Crippen molar-refractivity contribution < 1.29 is 14.1 Å². The first-order valence-electron chi connectivity index (χ1n) is 11.6. The van der Waals surface area contributed by atoms with Gasteiger partial charge in [-0.1, -0.05) is 42.5 Å². The number of aromatic nitrogens is 1. The lowest BCUT2D eigenvalue weighted by Crippen LogP contribution is -2.05. The standard InChI is InChI=1S/C28H30N4O3S/c1-3-35-24-13-11-22(12-14-24)26-15-16-27(31-23-5-4-6-25(17-23)36(2,29)34)32-28(26)30-18-20-7-9-21(19-33)10-8-20/h4-17,29,33H,3,18-19H2,1-2H3,(H2,30,31,32)/t36-/m1/s1. The fourth-order valence-corrected chi connectivity index (χ4v) is 4.40. The number of anilines is 3. The number of nitrogens with zero attached hydrogens (tertiary/aromatic N) is 1. The maximum absolute atomic E-state index is 12.2. The molecule has 186 valence electrons. The van der Waals surface area contributed by atoms with Crippen LogP contribution in [0.5, 0.6) is 5.75 Å². The minimum Gasteiger partial charge on any atom is -0.494 e. The van der Waals surface area contributed by atoms with E-state index in [0.717, 1.165) is 28.0 Å². The molecule has 3 aromatic carbocycles. The van der Waals surface area contributed by atoms with Gasteiger partial charge in [0.1, 0.15) is 17.4 Å². The molecule has 8 heteroatoms. The van der Waals surface area contributed by atoms with E-state index < -0.39 is 9.73 Å². The average Bonchev–Trinajstić information content (AvgIpc) is 2.88. The number of nitrogens with one attached hydrogen (secondary N) is 3. The van der Waals surface area contributed by atoms with Crippen LogP contribution in [0.15, 0.2) is 89.8 Å². The van der Waals surface area contributed by atoms with Gasteiger partial charge in [0.2, 0.25) is 0 Å². The van der Waals surface area contributed by atoms with E-state index in [1.807, 2.05) is 73.7 Å². The van der Waals surface area contributed by atoms with Gasteiger partial charge in [-0.15, -0.1) is 0 Å². The number of aliphatic hydroxyl groups is 1. The third-order valence-electron chi connectivity index (χ3n) is 5.59. The first-order chi connectivity index (χ1) is 17.4. The van der Waals surface area contributed by atoms with Crippen LogP contribution in [-0.2, 0) is 22.9 Å². The quantitative estimate of drug-likeness (QED) is 0.211. The Kier molecular flexibility index (Phi) is 7.87. The Morgan fingerprint density at radius 1 is 0.972 bits per heavy atom. The van der Waals surface area contributed by atoms with Gasteiger partial charge in [-0.05, 0) is 66.1 Å². The van der Waals surface area contributed by atoms with Gasteiger partial charge < -0.3 is 20.5 Å². The summed E-state index contributed by atoms with van der Waals surface area (Å²) in [7, 11) is -2.82. The monoisotopic (exact) mass is 502 g/mol. The second-order valence-corrected chi connectivity index (χ2v) is 10.5. The van der Waals surface area contributed by atoms with Crippen molar-refractivity contribution in [1.29, 1.82) is 4.78 Å². The van der Waals surface area contributed by atoms with Gasteiger partial charge in [0.05, 0.1) is 22.9 Å². The summed E-state index contributed by atoms with van der Waals surface area (Å²) in [5.74, 6) is 2.13. The largest absolute Gasteiger partial charge is 0.494 e. The van der Waals surface area contributed by atoms with E-state index in [9.17, 15) is 9.32 Å². The van der Waals surface area contributed by atoms with Gasteiger partial charge in [-0.3, -0.25) is 0 Å². The first kappa shape index (κ1) is 25.2. The first-order valence-corrected chi connectivity index (χ1v) is 13.6. The molecule has 0 aliphatic rings. The van der Waals surface area contributed by atoms with Gasteiger partial charge in [-0.25, -0.2) is 14.0 Å². The highest BCUT2D eigenvalue weighted by Crippen LogP contribution is 2.31. The van der Waals surface area contributed by atoms with Crippen LogP contribution in [-0.4, -0.2) is 27.2 Å². The zero-order chi connectivity index (χ0) is 25.5. The number of pyridine rings is 1. The molecule has 4 rings (SSSR count). The summed E-state index contributed by atoms with van der Waals surface area (Å²) in [6.07, 6.45) is 1.41.